The zero-order valence-corrected chi connectivity index (χ0v) is 22.5. The first-order chi connectivity index (χ1) is 20.8. The molecular formula is C36H24N6. The molecule has 0 N–H and O–H groups in total. The SMILES string of the molecule is c1cc(-c2ccc(-c3nc(-c4ccc(-c5ccncc5)cc4)nc(-c4ccc(-c5ccncc5)cc4)n3)cc2)ccn1. The molecule has 0 spiro atoms. The first kappa shape index (κ1) is 25.1. The summed E-state index contributed by atoms with van der Waals surface area (Å²) in [5.41, 5.74) is 9.39. The van der Waals surface area contributed by atoms with Gasteiger partial charge in [-0.2, -0.15) is 0 Å². The highest BCUT2D eigenvalue weighted by Crippen LogP contribution is 2.29. The second kappa shape index (κ2) is 11.3. The van der Waals surface area contributed by atoms with Crippen molar-refractivity contribution in [2.75, 3.05) is 0 Å². The topological polar surface area (TPSA) is 77.3 Å². The van der Waals surface area contributed by atoms with E-state index >= 15 is 0 Å². The minimum Gasteiger partial charge on any atom is -0.265 e. The molecule has 0 amide bonds. The van der Waals surface area contributed by atoms with Crippen LogP contribution >= 0.6 is 0 Å². The average molecular weight is 541 g/mol. The second-order valence-electron chi connectivity index (χ2n) is 9.75. The third kappa shape index (κ3) is 5.29. The Bertz CT molecular complexity index is 1680. The van der Waals surface area contributed by atoms with Crippen LogP contribution < -0.4 is 0 Å². The van der Waals surface area contributed by atoms with Crippen molar-refractivity contribution >= 4 is 0 Å². The van der Waals surface area contributed by atoms with Gasteiger partial charge in [-0.15, -0.1) is 0 Å². The number of aromatic nitrogens is 6. The van der Waals surface area contributed by atoms with E-state index in [0.717, 1.165) is 50.1 Å². The van der Waals surface area contributed by atoms with Gasteiger partial charge in [0.25, 0.3) is 0 Å². The van der Waals surface area contributed by atoms with Crippen molar-refractivity contribution in [3.63, 3.8) is 0 Å². The van der Waals surface area contributed by atoms with Crippen LogP contribution in [-0.4, -0.2) is 29.9 Å². The number of hydrogen-bond donors (Lipinski definition) is 0. The zero-order chi connectivity index (χ0) is 28.1. The fourth-order valence-electron chi connectivity index (χ4n) is 4.83. The van der Waals surface area contributed by atoms with Gasteiger partial charge in [-0.05, 0) is 69.8 Å². The fraction of sp³-hybridized carbons (Fsp3) is 0. The molecule has 0 atom stereocenters. The number of hydrogen-bond acceptors (Lipinski definition) is 6. The average Bonchev–Trinajstić information content (AvgIpc) is 3.09. The third-order valence-corrected chi connectivity index (χ3v) is 7.11. The van der Waals surface area contributed by atoms with E-state index in [2.05, 4.69) is 87.7 Å². The third-order valence-electron chi connectivity index (χ3n) is 7.11. The summed E-state index contributed by atoms with van der Waals surface area (Å²) in [6, 6.07) is 36.8. The molecule has 0 saturated carbocycles. The second-order valence-corrected chi connectivity index (χ2v) is 9.75. The molecule has 198 valence electrons. The molecule has 0 bridgehead atoms. The molecule has 0 fully saturated rings. The first-order valence-electron chi connectivity index (χ1n) is 13.6. The van der Waals surface area contributed by atoms with Crippen LogP contribution in [0, 0.1) is 0 Å². The molecule has 7 aromatic rings. The highest BCUT2D eigenvalue weighted by Gasteiger charge is 2.13. The Morgan fingerprint density at radius 1 is 0.214 bits per heavy atom. The summed E-state index contributed by atoms with van der Waals surface area (Å²) >= 11 is 0. The van der Waals surface area contributed by atoms with Crippen molar-refractivity contribution < 1.29 is 0 Å². The van der Waals surface area contributed by atoms with E-state index in [1.165, 1.54) is 0 Å². The van der Waals surface area contributed by atoms with Crippen LogP contribution in [0.3, 0.4) is 0 Å². The van der Waals surface area contributed by atoms with Crippen molar-refractivity contribution in [2.24, 2.45) is 0 Å². The van der Waals surface area contributed by atoms with Crippen LogP contribution in [0.15, 0.2) is 146 Å². The first-order valence-corrected chi connectivity index (χ1v) is 13.6. The van der Waals surface area contributed by atoms with E-state index in [1.807, 2.05) is 36.4 Å². The summed E-state index contributed by atoms with van der Waals surface area (Å²) in [6.07, 6.45) is 10.8. The predicted octanol–water partition coefficient (Wildman–Crippen LogP) is 8.06. The summed E-state index contributed by atoms with van der Waals surface area (Å²) in [5, 5.41) is 0. The van der Waals surface area contributed by atoms with Crippen LogP contribution in [0.4, 0.5) is 0 Å². The van der Waals surface area contributed by atoms with Crippen molar-refractivity contribution in [2.45, 2.75) is 0 Å². The number of pyridine rings is 3. The van der Waals surface area contributed by atoms with Gasteiger partial charge in [0, 0.05) is 53.9 Å². The lowest BCUT2D eigenvalue weighted by Gasteiger charge is -2.10. The molecular weight excluding hydrogens is 516 g/mol. The highest BCUT2D eigenvalue weighted by molar-refractivity contribution is 5.73. The standard InChI is InChI=1S/C36H24N6/c1-7-31(8-2-25(1)28-13-19-37-20-14-28)34-40-35(32-9-3-26(4-10-32)29-15-21-38-22-16-29)42-36(41-34)33-11-5-27(6-12-33)30-17-23-39-24-18-30/h1-24H. The molecule has 0 radical (unpaired) electrons. The Kier molecular flexibility index (Phi) is 6.76. The van der Waals surface area contributed by atoms with E-state index < -0.39 is 0 Å². The summed E-state index contributed by atoms with van der Waals surface area (Å²) in [6.45, 7) is 0. The maximum atomic E-state index is 4.92. The molecule has 0 saturated heterocycles. The normalized spacial score (nSPS) is 10.9. The molecule has 0 unspecified atom stereocenters. The predicted molar refractivity (Wildman–Crippen MR) is 166 cm³/mol. The van der Waals surface area contributed by atoms with E-state index in [0.29, 0.717) is 17.5 Å². The molecule has 0 aliphatic carbocycles. The van der Waals surface area contributed by atoms with E-state index in [4.69, 9.17) is 15.0 Å². The monoisotopic (exact) mass is 540 g/mol. The summed E-state index contributed by atoms with van der Waals surface area (Å²) in [4.78, 5) is 27.1. The van der Waals surface area contributed by atoms with Gasteiger partial charge in [0.2, 0.25) is 0 Å². The van der Waals surface area contributed by atoms with Gasteiger partial charge in [0.15, 0.2) is 17.5 Å². The largest absolute Gasteiger partial charge is 0.265 e. The smallest absolute Gasteiger partial charge is 0.164 e. The lowest BCUT2D eigenvalue weighted by Crippen LogP contribution is -2.00. The molecule has 3 aromatic carbocycles. The number of nitrogens with zero attached hydrogens (tertiary/aromatic N) is 6. The molecule has 6 nitrogen and oxygen atoms in total. The van der Waals surface area contributed by atoms with E-state index in [1.54, 1.807) is 37.2 Å². The number of benzene rings is 3. The van der Waals surface area contributed by atoms with Crippen molar-refractivity contribution in [1.29, 1.82) is 0 Å². The Morgan fingerprint density at radius 2 is 0.405 bits per heavy atom. The van der Waals surface area contributed by atoms with Crippen LogP contribution in [0.1, 0.15) is 0 Å². The van der Waals surface area contributed by atoms with E-state index in [-0.39, 0.29) is 0 Å². The minimum absolute atomic E-state index is 0.618. The molecule has 4 aromatic heterocycles. The maximum Gasteiger partial charge on any atom is 0.164 e. The molecule has 6 heteroatoms. The quantitative estimate of drug-likeness (QED) is 0.212. The highest BCUT2D eigenvalue weighted by atomic mass is 15.0. The van der Waals surface area contributed by atoms with Crippen LogP contribution in [0.2, 0.25) is 0 Å². The lowest BCUT2D eigenvalue weighted by molar-refractivity contribution is 1.07. The van der Waals surface area contributed by atoms with Gasteiger partial charge in [-0.1, -0.05) is 72.8 Å². The molecule has 7 rings (SSSR count). The molecule has 0 aliphatic heterocycles. The lowest BCUT2D eigenvalue weighted by atomic mass is 10.0. The Morgan fingerprint density at radius 3 is 0.643 bits per heavy atom. The van der Waals surface area contributed by atoms with Crippen molar-refractivity contribution in [3.8, 4) is 67.5 Å². The zero-order valence-electron chi connectivity index (χ0n) is 22.5. The van der Waals surface area contributed by atoms with Crippen LogP contribution in [0.25, 0.3) is 67.5 Å². The Hall–Kier alpha value is -5.88. The fourth-order valence-corrected chi connectivity index (χ4v) is 4.83. The molecule has 4 heterocycles. The minimum atomic E-state index is 0.618. The Balaban J connectivity index is 1.29. The molecule has 42 heavy (non-hydrogen) atoms. The summed E-state index contributed by atoms with van der Waals surface area (Å²) < 4.78 is 0. The van der Waals surface area contributed by atoms with Gasteiger partial charge in [-0.3, -0.25) is 15.0 Å². The summed E-state index contributed by atoms with van der Waals surface area (Å²) in [5.74, 6) is 1.85. The van der Waals surface area contributed by atoms with Gasteiger partial charge in [0.1, 0.15) is 0 Å². The van der Waals surface area contributed by atoms with Crippen LogP contribution in [0.5, 0.6) is 0 Å². The van der Waals surface area contributed by atoms with Gasteiger partial charge in [-0.25, -0.2) is 15.0 Å². The van der Waals surface area contributed by atoms with Gasteiger partial charge in [0.05, 0.1) is 0 Å². The van der Waals surface area contributed by atoms with Crippen LogP contribution in [-0.2, 0) is 0 Å². The maximum absolute atomic E-state index is 4.92. The van der Waals surface area contributed by atoms with Gasteiger partial charge < -0.3 is 0 Å². The van der Waals surface area contributed by atoms with Gasteiger partial charge >= 0.3 is 0 Å². The Labute approximate surface area is 243 Å². The van der Waals surface area contributed by atoms with Crippen molar-refractivity contribution in [1.82, 2.24) is 29.9 Å². The number of rotatable bonds is 6. The molecule has 0 aliphatic rings. The van der Waals surface area contributed by atoms with E-state index in [9.17, 15) is 0 Å². The summed E-state index contributed by atoms with van der Waals surface area (Å²) in [7, 11) is 0. The van der Waals surface area contributed by atoms with Crippen molar-refractivity contribution in [3.05, 3.63) is 146 Å².